The van der Waals surface area contributed by atoms with Gasteiger partial charge in [-0.3, -0.25) is 9.36 Å². The number of nitrogens with one attached hydrogen (secondary N) is 1. The molecule has 0 radical (unpaired) electrons. The van der Waals surface area contributed by atoms with Gasteiger partial charge in [0.2, 0.25) is 5.91 Å². The molecule has 4 aromatic rings. The summed E-state index contributed by atoms with van der Waals surface area (Å²) >= 11 is 7.29. The highest BCUT2D eigenvalue weighted by Gasteiger charge is 2.22. The molecule has 0 saturated carbocycles. The van der Waals surface area contributed by atoms with Gasteiger partial charge in [-0.2, -0.15) is 0 Å². The number of amides is 1. The largest absolute Gasteiger partial charge is 0.322 e. The Morgan fingerprint density at radius 3 is 2.52 bits per heavy atom. The molecule has 156 valence electrons. The standard InChI is InChI=1S/C22H17ClFN5OS/c1-14(21(30)26-18-8-5-13-25-19(18)23)31-22-28-27-20(15-9-11-16(24)12-10-15)29(22)17-6-3-2-4-7-17/h2-14H,1H3,(H,26,30). The number of hydrogen-bond acceptors (Lipinski definition) is 5. The van der Waals surface area contributed by atoms with Gasteiger partial charge in [0, 0.05) is 17.4 Å². The average Bonchev–Trinajstić information content (AvgIpc) is 3.19. The monoisotopic (exact) mass is 453 g/mol. The maximum atomic E-state index is 13.4. The van der Waals surface area contributed by atoms with Crippen molar-refractivity contribution in [2.45, 2.75) is 17.3 Å². The van der Waals surface area contributed by atoms with Gasteiger partial charge in [0.25, 0.3) is 0 Å². The summed E-state index contributed by atoms with van der Waals surface area (Å²) in [5.41, 5.74) is 1.99. The van der Waals surface area contributed by atoms with E-state index < -0.39 is 5.25 Å². The Kier molecular flexibility index (Phi) is 6.29. The van der Waals surface area contributed by atoms with Crippen LogP contribution in [0.5, 0.6) is 0 Å². The van der Waals surface area contributed by atoms with Gasteiger partial charge in [-0.05, 0) is 55.5 Å². The molecule has 31 heavy (non-hydrogen) atoms. The lowest BCUT2D eigenvalue weighted by atomic mass is 10.2. The molecule has 0 saturated heterocycles. The molecule has 0 aliphatic carbocycles. The summed E-state index contributed by atoms with van der Waals surface area (Å²) in [6.07, 6.45) is 1.55. The van der Waals surface area contributed by atoms with E-state index in [2.05, 4.69) is 20.5 Å². The summed E-state index contributed by atoms with van der Waals surface area (Å²) in [6.45, 7) is 1.77. The molecule has 0 spiro atoms. The normalized spacial score (nSPS) is 11.8. The van der Waals surface area contributed by atoms with Crippen LogP contribution in [0.3, 0.4) is 0 Å². The summed E-state index contributed by atoms with van der Waals surface area (Å²) in [5, 5.41) is 11.7. The summed E-state index contributed by atoms with van der Waals surface area (Å²) in [5.74, 6) is -0.0223. The van der Waals surface area contributed by atoms with Crippen LogP contribution in [0.2, 0.25) is 5.15 Å². The summed E-state index contributed by atoms with van der Waals surface area (Å²) in [4.78, 5) is 16.7. The van der Waals surface area contributed by atoms with E-state index in [0.29, 0.717) is 22.2 Å². The fraction of sp³-hybridized carbons (Fsp3) is 0.0909. The number of halogens is 2. The van der Waals surface area contributed by atoms with E-state index in [-0.39, 0.29) is 16.9 Å². The van der Waals surface area contributed by atoms with Crippen molar-refractivity contribution >= 4 is 35.0 Å². The second kappa shape index (κ2) is 9.28. The van der Waals surface area contributed by atoms with Gasteiger partial charge in [0.05, 0.1) is 10.9 Å². The fourth-order valence-corrected chi connectivity index (χ4v) is 3.90. The number of anilines is 1. The Bertz CT molecular complexity index is 1200. The number of thioether (sulfide) groups is 1. The molecule has 1 amide bonds. The number of aromatic nitrogens is 4. The molecule has 0 aliphatic rings. The molecule has 2 heterocycles. The molecule has 1 atom stereocenters. The van der Waals surface area contributed by atoms with Crippen molar-refractivity contribution in [3.63, 3.8) is 0 Å². The first-order chi connectivity index (χ1) is 15.0. The molecule has 9 heteroatoms. The first-order valence-corrected chi connectivity index (χ1v) is 10.6. The van der Waals surface area contributed by atoms with Crippen LogP contribution in [0.15, 0.2) is 78.1 Å². The summed E-state index contributed by atoms with van der Waals surface area (Å²) in [7, 11) is 0. The number of benzene rings is 2. The van der Waals surface area contributed by atoms with Crippen LogP contribution in [0.1, 0.15) is 6.92 Å². The van der Waals surface area contributed by atoms with Gasteiger partial charge in [0.1, 0.15) is 5.82 Å². The lowest BCUT2D eigenvalue weighted by molar-refractivity contribution is -0.115. The van der Waals surface area contributed by atoms with Gasteiger partial charge in [-0.15, -0.1) is 10.2 Å². The molecule has 2 aromatic carbocycles. The number of pyridine rings is 1. The van der Waals surface area contributed by atoms with Crippen LogP contribution in [-0.4, -0.2) is 30.9 Å². The predicted molar refractivity (Wildman–Crippen MR) is 120 cm³/mol. The smallest absolute Gasteiger partial charge is 0.237 e. The van der Waals surface area contributed by atoms with E-state index in [1.54, 1.807) is 37.4 Å². The zero-order valence-electron chi connectivity index (χ0n) is 16.4. The van der Waals surface area contributed by atoms with Crippen LogP contribution >= 0.6 is 23.4 Å². The van der Waals surface area contributed by atoms with Crippen molar-refractivity contribution < 1.29 is 9.18 Å². The summed E-state index contributed by atoms with van der Waals surface area (Å²) in [6, 6.07) is 19.0. The zero-order chi connectivity index (χ0) is 21.8. The van der Waals surface area contributed by atoms with Crippen LogP contribution in [0.25, 0.3) is 17.1 Å². The molecule has 0 fully saturated rings. The number of hydrogen-bond donors (Lipinski definition) is 1. The van der Waals surface area contributed by atoms with Crippen LogP contribution in [0, 0.1) is 5.82 Å². The third kappa shape index (κ3) is 4.76. The van der Waals surface area contributed by atoms with E-state index in [4.69, 9.17) is 11.6 Å². The highest BCUT2D eigenvalue weighted by Crippen LogP contribution is 2.31. The molecule has 2 aromatic heterocycles. The SMILES string of the molecule is CC(Sc1nnc(-c2ccc(F)cc2)n1-c1ccccc1)C(=O)Nc1cccnc1Cl. The number of para-hydroxylation sites is 1. The van der Waals surface area contributed by atoms with Crippen molar-refractivity contribution in [3.8, 4) is 17.1 Å². The summed E-state index contributed by atoms with van der Waals surface area (Å²) < 4.78 is 15.2. The van der Waals surface area contributed by atoms with Gasteiger partial charge in [-0.1, -0.05) is 41.6 Å². The Morgan fingerprint density at radius 2 is 1.81 bits per heavy atom. The van der Waals surface area contributed by atoms with E-state index in [1.165, 1.54) is 23.9 Å². The van der Waals surface area contributed by atoms with Crippen molar-refractivity contribution in [1.82, 2.24) is 19.7 Å². The van der Waals surface area contributed by atoms with Crippen molar-refractivity contribution in [3.05, 3.63) is 83.9 Å². The van der Waals surface area contributed by atoms with Crippen molar-refractivity contribution in [1.29, 1.82) is 0 Å². The van der Waals surface area contributed by atoms with Crippen LogP contribution < -0.4 is 5.32 Å². The molecule has 0 bridgehead atoms. The lowest BCUT2D eigenvalue weighted by Crippen LogP contribution is -2.23. The second-order valence-corrected chi connectivity index (χ2v) is 8.24. The van der Waals surface area contributed by atoms with Gasteiger partial charge >= 0.3 is 0 Å². The topological polar surface area (TPSA) is 72.7 Å². The lowest BCUT2D eigenvalue weighted by Gasteiger charge is -2.14. The van der Waals surface area contributed by atoms with Gasteiger partial charge in [0.15, 0.2) is 16.1 Å². The van der Waals surface area contributed by atoms with E-state index in [0.717, 1.165) is 5.69 Å². The number of rotatable bonds is 6. The van der Waals surface area contributed by atoms with Gasteiger partial charge in [-0.25, -0.2) is 9.37 Å². The molecule has 1 N–H and O–H groups in total. The second-order valence-electron chi connectivity index (χ2n) is 6.58. The average molecular weight is 454 g/mol. The number of carbonyl (C=O) groups excluding carboxylic acids is 1. The Morgan fingerprint density at radius 1 is 1.06 bits per heavy atom. The first kappa shape index (κ1) is 21.0. The van der Waals surface area contributed by atoms with E-state index >= 15 is 0 Å². The third-order valence-corrected chi connectivity index (χ3v) is 5.76. The highest BCUT2D eigenvalue weighted by atomic mass is 35.5. The Hall–Kier alpha value is -3.23. The number of carbonyl (C=O) groups is 1. The number of nitrogens with zero attached hydrogens (tertiary/aromatic N) is 4. The van der Waals surface area contributed by atoms with Crippen molar-refractivity contribution in [2.24, 2.45) is 0 Å². The molecular weight excluding hydrogens is 437 g/mol. The van der Waals surface area contributed by atoms with E-state index in [1.807, 2.05) is 34.9 Å². The van der Waals surface area contributed by atoms with Crippen LogP contribution in [-0.2, 0) is 4.79 Å². The zero-order valence-corrected chi connectivity index (χ0v) is 17.9. The van der Waals surface area contributed by atoms with E-state index in [9.17, 15) is 9.18 Å². The molecule has 6 nitrogen and oxygen atoms in total. The minimum atomic E-state index is -0.496. The Labute approximate surface area is 187 Å². The molecule has 0 aliphatic heterocycles. The minimum absolute atomic E-state index is 0.221. The van der Waals surface area contributed by atoms with Crippen molar-refractivity contribution in [2.75, 3.05) is 5.32 Å². The molecule has 1 unspecified atom stereocenters. The first-order valence-electron chi connectivity index (χ1n) is 9.38. The maximum Gasteiger partial charge on any atom is 0.237 e. The van der Waals surface area contributed by atoms with Crippen LogP contribution in [0.4, 0.5) is 10.1 Å². The predicted octanol–water partition coefficient (Wildman–Crippen LogP) is 5.24. The maximum absolute atomic E-state index is 13.4. The fourth-order valence-electron chi connectivity index (χ4n) is 2.87. The molecule has 4 rings (SSSR count). The third-order valence-electron chi connectivity index (χ3n) is 4.42. The highest BCUT2D eigenvalue weighted by molar-refractivity contribution is 8.00. The minimum Gasteiger partial charge on any atom is -0.322 e. The quantitative estimate of drug-likeness (QED) is 0.319. The van der Waals surface area contributed by atoms with Gasteiger partial charge < -0.3 is 5.32 Å². The Balaban J connectivity index is 1.64. The molecular formula is C22H17ClFN5OS.